The maximum absolute atomic E-state index is 13.0. The highest BCUT2D eigenvalue weighted by Gasteiger charge is 2.24. The zero-order valence-corrected chi connectivity index (χ0v) is 34.1. The Bertz CT molecular complexity index is 2620. The lowest BCUT2D eigenvalue weighted by atomic mass is 10.1. The van der Waals surface area contributed by atoms with E-state index in [4.69, 9.17) is 10.2 Å². The molecular weight excluding hydrogens is 873 g/mol. The van der Waals surface area contributed by atoms with Gasteiger partial charge >= 0.3 is 0 Å². The molecule has 0 aliphatic carbocycles. The Hall–Kier alpha value is -5.86. The van der Waals surface area contributed by atoms with Crippen LogP contribution in [-0.4, -0.2) is 114 Å². The Balaban J connectivity index is 1.56. The molecule has 4 aromatic rings. The smallest absolute Gasteiger partial charge is 0.295 e. The fraction of sp³-hybridized carbons (Fsp3) is 0.167. The topological polar surface area (TPSA) is 334 Å². The third-order valence-electron chi connectivity index (χ3n) is 7.96. The molecule has 0 saturated heterocycles. The molecule has 4 rings (SSSR count). The van der Waals surface area contributed by atoms with E-state index in [2.05, 4.69) is 21.3 Å². The van der Waals surface area contributed by atoms with Crippen LogP contribution in [0.15, 0.2) is 105 Å². The number of hydrogen-bond acceptors (Lipinski definition) is 14. The van der Waals surface area contributed by atoms with Gasteiger partial charge in [-0.05, 0) is 71.8 Å². The largest absolute Gasteiger partial charge is 0.395 e. The van der Waals surface area contributed by atoms with E-state index in [1.807, 2.05) is 0 Å². The zero-order chi connectivity index (χ0) is 44.5. The van der Waals surface area contributed by atoms with Gasteiger partial charge in [-0.1, -0.05) is 36.4 Å². The number of carbonyl (C=O) groups is 4. The number of benzene rings is 4. The van der Waals surface area contributed by atoms with E-state index < -0.39 is 98.0 Å². The fourth-order valence-corrected chi connectivity index (χ4v) is 9.03. The number of nitrogens with one attached hydrogen (secondary N) is 4. The Morgan fingerprint density at radius 1 is 0.517 bits per heavy atom. The summed E-state index contributed by atoms with van der Waals surface area (Å²) in [4.78, 5) is 47.6. The quantitative estimate of drug-likeness (QED) is 0.0501. The molecule has 24 heteroatoms. The minimum atomic E-state index is -5.03. The number of hydrogen-bond donors (Lipinski definition) is 8. The number of carbonyl (C=O) groups excluding carboxylic acids is 4. The molecule has 0 spiro atoms. The van der Waals surface area contributed by atoms with Crippen LogP contribution in [0, 0.1) is 0 Å². The molecule has 0 saturated carbocycles. The average Bonchev–Trinajstić information content (AvgIpc) is 3.18. The summed E-state index contributed by atoms with van der Waals surface area (Å²) >= 11 is 0. The first-order valence-corrected chi connectivity index (χ1v) is 23.2. The molecule has 0 unspecified atom stereocenters. The molecule has 8 N–H and O–H groups in total. The van der Waals surface area contributed by atoms with Crippen molar-refractivity contribution in [1.29, 1.82) is 0 Å². The second kappa shape index (κ2) is 19.5. The molecular formula is C36H36N4O16S4. The van der Waals surface area contributed by atoms with Crippen LogP contribution in [0.1, 0.15) is 31.8 Å². The number of rotatable bonds is 18. The van der Waals surface area contributed by atoms with E-state index in [-0.39, 0.29) is 56.5 Å². The normalized spacial score (nSPS) is 12.1. The maximum atomic E-state index is 13.0. The molecule has 0 fully saturated rings. The molecule has 0 radical (unpaired) electrons. The van der Waals surface area contributed by atoms with E-state index in [1.165, 1.54) is 36.4 Å². The monoisotopic (exact) mass is 908 g/mol. The summed E-state index contributed by atoms with van der Waals surface area (Å²) in [6, 6.07) is 15.5. The number of sulfone groups is 2. The molecule has 0 heterocycles. The van der Waals surface area contributed by atoms with Gasteiger partial charge in [0.05, 0.1) is 23.0 Å². The van der Waals surface area contributed by atoms with Crippen molar-refractivity contribution in [2.45, 2.75) is 19.6 Å². The molecule has 0 atom stereocenters. The Kier molecular flexibility index (Phi) is 15.2. The molecule has 0 aromatic heterocycles. The molecule has 0 aliphatic rings. The predicted molar refractivity (Wildman–Crippen MR) is 215 cm³/mol. The summed E-state index contributed by atoms with van der Waals surface area (Å²) in [5, 5.41) is 26.8. The highest BCUT2D eigenvalue weighted by atomic mass is 32.2. The van der Waals surface area contributed by atoms with Crippen molar-refractivity contribution in [2.24, 2.45) is 0 Å². The third-order valence-corrected chi connectivity index (χ3v) is 13.0. The van der Waals surface area contributed by atoms with Crippen molar-refractivity contribution >= 4 is 87.1 Å². The number of aliphatic hydroxyl groups is 2. The lowest BCUT2D eigenvalue weighted by Crippen LogP contribution is -2.32. The van der Waals surface area contributed by atoms with Crippen molar-refractivity contribution < 1.29 is 72.2 Å². The third kappa shape index (κ3) is 12.8. The Labute approximate surface area is 343 Å². The van der Waals surface area contributed by atoms with Gasteiger partial charge < -0.3 is 31.5 Å². The summed E-state index contributed by atoms with van der Waals surface area (Å²) < 4.78 is 120. The fourth-order valence-electron chi connectivity index (χ4n) is 5.20. The molecule has 4 amide bonds. The van der Waals surface area contributed by atoms with Crippen LogP contribution >= 0.6 is 0 Å². The lowest BCUT2D eigenvalue weighted by molar-refractivity contribution is -0.119. The van der Waals surface area contributed by atoms with Gasteiger partial charge in [0.1, 0.15) is 21.3 Å². The Morgan fingerprint density at radius 3 is 1.22 bits per heavy atom. The number of anilines is 2. The minimum Gasteiger partial charge on any atom is -0.395 e. The first-order valence-electron chi connectivity index (χ1n) is 17.0. The summed E-state index contributed by atoms with van der Waals surface area (Å²) in [5.74, 6) is -5.55. The standard InChI is InChI=1S/C36H36N4O16S4/c41-15-13-37-33(43)21-57(47,48)29-5-1-3-25(17-29)35(45)39-27-11-9-23(31(19-27)59(51,52)53)7-8-24-10-12-28(20-32(24)60(54,55)56)40-36(46)26-4-2-6-30(18-26)58(49,50)22-34(44)38-14-16-42/h1-12,17-20,41-42H,13-16,21-22H2,(H,37,43)(H,38,44)(H,39,45)(H,40,46)(H,51,52,53)(H,54,55,56). The average molecular weight is 909 g/mol. The van der Waals surface area contributed by atoms with E-state index in [1.54, 1.807) is 0 Å². The number of aliphatic hydroxyl groups excluding tert-OH is 2. The highest BCUT2D eigenvalue weighted by Crippen LogP contribution is 2.27. The van der Waals surface area contributed by atoms with Crippen molar-refractivity contribution in [3.63, 3.8) is 0 Å². The van der Waals surface area contributed by atoms with Crippen LogP contribution in [0.25, 0.3) is 12.2 Å². The van der Waals surface area contributed by atoms with Crippen LogP contribution in [0.2, 0.25) is 0 Å². The van der Waals surface area contributed by atoms with Gasteiger partial charge in [0, 0.05) is 35.6 Å². The minimum absolute atomic E-state index is 0.173. The second-order valence-electron chi connectivity index (χ2n) is 12.4. The van der Waals surface area contributed by atoms with Gasteiger partial charge in [0.15, 0.2) is 19.7 Å². The second-order valence-corrected chi connectivity index (χ2v) is 19.2. The summed E-state index contributed by atoms with van der Waals surface area (Å²) in [6.45, 7) is -1.17. The summed E-state index contributed by atoms with van der Waals surface area (Å²) in [7, 11) is -18.5. The van der Waals surface area contributed by atoms with Crippen molar-refractivity contribution in [3.05, 3.63) is 107 Å². The highest BCUT2D eigenvalue weighted by molar-refractivity contribution is 7.92. The summed E-state index contributed by atoms with van der Waals surface area (Å²) in [6.07, 6.45) is 2.11. The van der Waals surface area contributed by atoms with E-state index in [9.17, 15) is 62.0 Å². The van der Waals surface area contributed by atoms with Gasteiger partial charge in [-0.25, -0.2) is 16.8 Å². The molecule has 0 bridgehead atoms. The van der Waals surface area contributed by atoms with Crippen LogP contribution in [-0.2, 0) is 49.5 Å². The van der Waals surface area contributed by atoms with Gasteiger partial charge in [0.25, 0.3) is 32.1 Å². The van der Waals surface area contributed by atoms with E-state index in [0.29, 0.717) is 0 Å². The Morgan fingerprint density at radius 2 is 0.883 bits per heavy atom. The first kappa shape index (κ1) is 46.8. The molecule has 4 aromatic carbocycles. The predicted octanol–water partition coefficient (Wildman–Crippen LogP) is 0.619. The molecule has 320 valence electrons. The van der Waals surface area contributed by atoms with Gasteiger partial charge in [0.2, 0.25) is 11.8 Å². The van der Waals surface area contributed by atoms with Gasteiger partial charge in [-0.15, -0.1) is 0 Å². The van der Waals surface area contributed by atoms with E-state index in [0.717, 1.165) is 60.7 Å². The van der Waals surface area contributed by atoms with Crippen molar-refractivity contribution in [3.8, 4) is 0 Å². The van der Waals surface area contributed by atoms with Crippen LogP contribution in [0.4, 0.5) is 11.4 Å². The first-order chi connectivity index (χ1) is 28.0. The van der Waals surface area contributed by atoms with Crippen LogP contribution < -0.4 is 21.3 Å². The summed E-state index contributed by atoms with van der Waals surface area (Å²) in [5.41, 5.74) is -1.26. The zero-order valence-electron chi connectivity index (χ0n) is 30.8. The van der Waals surface area contributed by atoms with Crippen LogP contribution in [0.5, 0.6) is 0 Å². The molecule has 60 heavy (non-hydrogen) atoms. The van der Waals surface area contributed by atoms with Crippen molar-refractivity contribution in [1.82, 2.24) is 10.6 Å². The molecule has 0 aliphatic heterocycles. The van der Waals surface area contributed by atoms with Gasteiger partial charge in [-0.2, -0.15) is 16.8 Å². The maximum Gasteiger partial charge on any atom is 0.295 e. The van der Waals surface area contributed by atoms with Crippen molar-refractivity contribution in [2.75, 3.05) is 48.4 Å². The SMILES string of the molecule is O=C(CS(=O)(=O)c1cccc(C(=O)Nc2ccc(C=Cc3ccc(NC(=O)c4cccc(S(=O)(=O)CC(=O)NCCO)c4)cc3S(=O)(=O)O)c(S(=O)(=O)O)c2)c1)NCCO. The molecule has 20 nitrogen and oxygen atoms in total. The van der Waals surface area contributed by atoms with Gasteiger partial charge in [-0.3, -0.25) is 28.3 Å². The lowest BCUT2D eigenvalue weighted by Gasteiger charge is -2.11. The number of amides is 4. The van der Waals surface area contributed by atoms with E-state index >= 15 is 0 Å². The van der Waals surface area contributed by atoms with Crippen LogP contribution in [0.3, 0.4) is 0 Å².